The largest absolute Gasteiger partial charge is 0.352 e. The molecule has 1 aromatic carbocycles. The highest BCUT2D eigenvalue weighted by atomic mass is 79.9. The molecule has 1 rings (SSSR count). The predicted octanol–water partition coefficient (Wildman–Crippen LogP) is 3.24. The van der Waals surface area contributed by atoms with Crippen LogP contribution in [0.3, 0.4) is 0 Å². The van der Waals surface area contributed by atoms with Crippen molar-refractivity contribution >= 4 is 21.8 Å². The second-order valence-corrected chi connectivity index (χ2v) is 4.54. The first-order valence-electron chi connectivity index (χ1n) is 5.58. The third kappa shape index (κ3) is 3.97. The average molecular weight is 284 g/mol. The van der Waals surface area contributed by atoms with E-state index < -0.39 is 0 Å². The van der Waals surface area contributed by atoms with E-state index in [2.05, 4.69) is 33.4 Å². The van der Waals surface area contributed by atoms with Crippen molar-refractivity contribution < 1.29 is 4.79 Å². The van der Waals surface area contributed by atoms with Crippen LogP contribution < -0.4 is 5.32 Å². The predicted molar refractivity (Wildman–Crippen MR) is 70.4 cm³/mol. The molecule has 1 aromatic rings. The molecule has 0 bridgehead atoms. The van der Waals surface area contributed by atoms with E-state index in [9.17, 15) is 4.79 Å². The van der Waals surface area contributed by atoms with Gasteiger partial charge in [0.15, 0.2) is 0 Å². The normalized spacial score (nSPS) is 12.2. The van der Waals surface area contributed by atoms with Crippen LogP contribution in [0, 0.1) is 5.92 Å². The second kappa shape index (κ2) is 6.69. The number of hydrogen-bond donors (Lipinski definition) is 1. The summed E-state index contributed by atoms with van der Waals surface area (Å²) in [4.78, 5) is 11.6. The Morgan fingerprint density at radius 3 is 2.38 bits per heavy atom. The SMILES string of the molecule is CCC(C)C(=O)NCc1ccc(CBr)cc1. The molecule has 1 atom stereocenters. The summed E-state index contributed by atoms with van der Waals surface area (Å²) in [6.45, 7) is 4.59. The quantitative estimate of drug-likeness (QED) is 0.826. The van der Waals surface area contributed by atoms with Gasteiger partial charge in [-0.2, -0.15) is 0 Å². The molecule has 0 spiro atoms. The van der Waals surface area contributed by atoms with E-state index in [1.54, 1.807) is 0 Å². The Balaban J connectivity index is 2.45. The summed E-state index contributed by atoms with van der Waals surface area (Å²) in [7, 11) is 0. The summed E-state index contributed by atoms with van der Waals surface area (Å²) in [6.07, 6.45) is 0.883. The minimum absolute atomic E-state index is 0.0989. The number of hydrogen-bond acceptors (Lipinski definition) is 1. The molecule has 0 aliphatic rings. The number of halogens is 1. The van der Waals surface area contributed by atoms with Crippen LogP contribution in [-0.2, 0) is 16.7 Å². The molecule has 0 saturated heterocycles. The van der Waals surface area contributed by atoms with Crippen molar-refractivity contribution in [1.82, 2.24) is 5.32 Å². The van der Waals surface area contributed by atoms with Gasteiger partial charge >= 0.3 is 0 Å². The van der Waals surface area contributed by atoms with E-state index in [0.717, 1.165) is 17.3 Å². The van der Waals surface area contributed by atoms with Crippen molar-refractivity contribution in [2.24, 2.45) is 5.92 Å². The van der Waals surface area contributed by atoms with Crippen molar-refractivity contribution in [2.75, 3.05) is 0 Å². The van der Waals surface area contributed by atoms with Gasteiger partial charge in [0.25, 0.3) is 0 Å². The van der Waals surface area contributed by atoms with Gasteiger partial charge in [0.1, 0.15) is 0 Å². The van der Waals surface area contributed by atoms with Crippen molar-refractivity contribution in [2.45, 2.75) is 32.1 Å². The first-order valence-corrected chi connectivity index (χ1v) is 6.71. The van der Waals surface area contributed by atoms with Crippen LogP contribution in [-0.4, -0.2) is 5.91 Å². The molecular formula is C13H18BrNO. The lowest BCUT2D eigenvalue weighted by Gasteiger charge is -2.10. The zero-order chi connectivity index (χ0) is 12.0. The van der Waals surface area contributed by atoms with Gasteiger partial charge in [-0.05, 0) is 17.5 Å². The van der Waals surface area contributed by atoms with Crippen molar-refractivity contribution in [3.63, 3.8) is 0 Å². The summed E-state index contributed by atoms with van der Waals surface area (Å²) >= 11 is 3.40. The van der Waals surface area contributed by atoms with Crippen LogP contribution in [0.2, 0.25) is 0 Å². The topological polar surface area (TPSA) is 29.1 Å². The van der Waals surface area contributed by atoms with Crippen molar-refractivity contribution in [3.8, 4) is 0 Å². The number of alkyl halides is 1. The first kappa shape index (κ1) is 13.2. The smallest absolute Gasteiger partial charge is 0.223 e. The average Bonchev–Trinajstić information content (AvgIpc) is 2.35. The minimum atomic E-state index is 0.0989. The van der Waals surface area contributed by atoms with Crippen molar-refractivity contribution in [3.05, 3.63) is 35.4 Å². The van der Waals surface area contributed by atoms with Gasteiger partial charge in [-0.25, -0.2) is 0 Å². The van der Waals surface area contributed by atoms with Gasteiger partial charge in [0.2, 0.25) is 5.91 Å². The number of nitrogens with one attached hydrogen (secondary N) is 1. The molecule has 1 unspecified atom stereocenters. The molecule has 0 fully saturated rings. The summed E-state index contributed by atoms with van der Waals surface area (Å²) in [5.41, 5.74) is 2.39. The molecule has 0 aliphatic carbocycles. The standard InChI is InChI=1S/C13H18BrNO/c1-3-10(2)13(16)15-9-12-6-4-11(8-14)5-7-12/h4-7,10H,3,8-9H2,1-2H3,(H,15,16). The fourth-order valence-electron chi connectivity index (χ4n) is 1.30. The zero-order valence-electron chi connectivity index (χ0n) is 9.79. The third-order valence-electron chi connectivity index (χ3n) is 2.70. The maximum atomic E-state index is 11.6. The van der Waals surface area contributed by atoms with Gasteiger partial charge in [0.05, 0.1) is 0 Å². The van der Waals surface area contributed by atoms with Gasteiger partial charge in [-0.1, -0.05) is 54.0 Å². The Hall–Kier alpha value is -0.830. The Bertz CT molecular complexity index is 334. The highest BCUT2D eigenvalue weighted by Crippen LogP contribution is 2.08. The molecule has 0 aliphatic heterocycles. The zero-order valence-corrected chi connectivity index (χ0v) is 11.4. The molecule has 16 heavy (non-hydrogen) atoms. The first-order chi connectivity index (χ1) is 7.67. The van der Waals surface area contributed by atoms with Crippen LogP contribution >= 0.6 is 15.9 Å². The van der Waals surface area contributed by atoms with E-state index in [-0.39, 0.29) is 11.8 Å². The Labute approximate surface area is 106 Å². The number of carbonyl (C=O) groups is 1. The Morgan fingerprint density at radius 1 is 1.31 bits per heavy atom. The van der Waals surface area contributed by atoms with Gasteiger partial charge in [-0.3, -0.25) is 4.79 Å². The monoisotopic (exact) mass is 283 g/mol. The van der Waals surface area contributed by atoms with Gasteiger partial charge in [0, 0.05) is 17.8 Å². The Kier molecular flexibility index (Phi) is 5.53. The lowest BCUT2D eigenvalue weighted by Crippen LogP contribution is -2.28. The van der Waals surface area contributed by atoms with Crippen molar-refractivity contribution in [1.29, 1.82) is 0 Å². The van der Waals surface area contributed by atoms with E-state index in [1.807, 2.05) is 26.0 Å². The number of amides is 1. The molecule has 0 radical (unpaired) electrons. The van der Waals surface area contributed by atoms with Crippen LogP contribution in [0.15, 0.2) is 24.3 Å². The molecule has 1 amide bonds. The molecular weight excluding hydrogens is 266 g/mol. The highest BCUT2D eigenvalue weighted by Gasteiger charge is 2.09. The fraction of sp³-hybridized carbons (Fsp3) is 0.462. The summed E-state index contributed by atoms with van der Waals surface area (Å²) in [5, 5.41) is 3.80. The molecule has 3 heteroatoms. The summed E-state index contributed by atoms with van der Waals surface area (Å²) in [6, 6.07) is 8.24. The maximum absolute atomic E-state index is 11.6. The molecule has 0 aromatic heterocycles. The Morgan fingerprint density at radius 2 is 1.88 bits per heavy atom. The molecule has 0 saturated carbocycles. The lowest BCUT2D eigenvalue weighted by molar-refractivity contribution is -0.124. The molecule has 1 N–H and O–H groups in total. The maximum Gasteiger partial charge on any atom is 0.223 e. The molecule has 2 nitrogen and oxygen atoms in total. The molecule has 88 valence electrons. The van der Waals surface area contributed by atoms with E-state index in [1.165, 1.54) is 5.56 Å². The number of rotatable bonds is 5. The van der Waals surface area contributed by atoms with Crippen LogP contribution in [0.4, 0.5) is 0 Å². The van der Waals surface area contributed by atoms with Crippen LogP contribution in [0.1, 0.15) is 31.4 Å². The van der Waals surface area contributed by atoms with E-state index >= 15 is 0 Å². The molecule has 0 heterocycles. The van der Waals surface area contributed by atoms with E-state index in [4.69, 9.17) is 0 Å². The second-order valence-electron chi connectivity index (χ2n) is 3.98. The summed E-state index contributed by atoms with van der Waals surface area (Å²) < 4.78 is 0. The number of carbonyl (C=O) groups excluding carboxylic acids is 1. The third-order valence-corrected chi connectivity index (χ3v) is 3.35. The number of benzene rings is 1. The summed E-state index contributed by atoms with van der Waals surface area (Å²) in [5.74, 6) is 0.230. The highest BCUT2D eigenvalue weighted by molar-refractivity contribution is 9.08. The fourth-order valence-corrected chi connectivity index (χ4v) is 1.67. The minimum Gasteiger partial charge on any atom is -0.352 e. The lowest BCUT2D eigenvalue weighted by atomic mass is 10.1. The van der Waals surface area contributed by atoms with Gasteiger partial charge < -0.3 is 5.32 Å². The van der Waals surface area contributed by atoms with Crippen LogP contribution in [0.5, 0.6) is 0 Å². The van der Waals surface area contributed by atoms with Crippen LogP contribution in [0.25, 0.3) is 0 Å². The van der Waals surface area contributed by atoms with Gasteiger partial charge in [-0.15, -0.1) is 0 Å². The van der Waals surface area contributed by atoms with E-state index in [0.29, 0.717) is 6.54 Å².